The number of aryl methyl sites for hydroxylation is 1. The Morgan fingerprint density at radius 2 is 1.93 bits per heavy atom. The second-order valence-electron chi connectivity index (χ2n) is 6.73. The first kappa shape index (κ1) is 20.2. The van der Waals surface area contributed by atoms with Gasteiger partial charge in [0, 0.05) is 17.8 Å². The third kappa shape index (κ3) is 4.82. The van der Waals surface area contributed by atoms with E-state index < -0.39 is 0 Å². The van der Waals surface area contributed by atoms with Crippen molar-refractivity contribution < 1.29 is 9.53 Å². The highest BCUT2D eigenvalue weighted by Crippen LogP contribution is 2.25. The van der Waals surface area contributed by atoms with Gasteiger partial charge in [0.2, 0.25) is 0 Å². The molecule has 8 heteroatoms. The van der Waals surface area contributed by atoms with Crippen LogP contribution in [0.2, 0.25) is 10.0 Å². The molecule has 0 saturated heterocycles. The van der Waals surface area contributed by atoms with E-state index in [9.17, 15) is 4.79 Å². The zero-order valence-electron chi connectivity index (χ0n) is 15.7. The molecule has 0 fully saturated rings. The number of nitrogens with zero attached hydrogens (tertiary/aromatic N) is 3. The Kier molecular flexibility index (Phi) is 6.21. The van der Waals surface area contributed by atoms with Crippen LogP contribution < -0.4 is 10.1 Å². The Labute approximate surface area is 173 Å². The number of anilines is 1. The zero-order chi connectivity index (χ0) is 20.3. The summed E-state index contributed by atoms with van der Waals surface area (Å²) in [5.41, 5.74) is 1.21. The molecule has 1 aromatic carbocycles. The Hall–Kier alpha value is -2.57. The number of benzene rings is 1. The number of pyridine rings is 1. The molecule has 0 unspecified atom stereocenters. The van der Waals surface area contributed by atoms with Crippen LogP contribution in [0.25, 0.3) is 5.82 Å². The molecule has 2 aromatic heterocycles. The summed E-state index contributed by atoms with van der Waals surface area (Å²) >= 11 is 12.1. The lowest BCUT2D eigenvalue weighted by Gasteiger charge is -2.11. The van der Waals surface area contributed by atoms with Gasteiger partial charge < -0.3 is 10.1 Å². The first-order valence-electron chi connectivity index (χ1n) is 8.76. The molecule has 6 nitrogen and oxygen atoms in total. The quantitative estimate of drug-likeness (QED) is 0.599. The smallest absolute Gasteiger partial charge is 0.256 e. The lowest BCUT2D eigenvalue weighted by Crippen LogP contribution is -2.15. The standard InChI is InChI=1S/C20H20Cl2N4O2/c1-12(2)11-28-16-6-4-14(5-7-16)20(27)24-18-8-13(3)25-26(18)19-17(22)9-15(21)10-23-19/h4-10,12H,11H2,1-3H3,(H,24,27). The van der Waals surface area contributed by atoms with Gasteiger partial charge in [-0.25, -0.2) is 4.98 Å². The number of hydrogen-bond donors (Lipinski definition) is 1. The number of carbonyl (C=O) groups excluding carboxylic acids is 1. The molecule has 1 amide bonds. The molecular formula is C20H20Cl2N4O2. The SMILES string of the molecule is Cc1cc(NC(=O)c2ccc(OCC(C)C)cc2)n(-c2ncc(Cl)cc2Cl)n1. The van der Waals surface area contributed by atoms with Crippen molar-refractivity contribution in [2.75, 3.05) is 11.9 Å². The van der Waals surface area contributed by atoms with Crippen molar-refractivity contribution in [2.24, 2.45) is 5.92 Å². The average molecular weight is 419 g/mol. The van der Waals surface area contributed by atoms with Crippen LogP contribution in [0.3, 0.4) is 0 Å². The molecule has 1 N–H and O–H groups in total. The number of rotatable bonds is 6. The summed E-state index contributed by atoms with van der Waals surface area (Å²) in [4.78, 5) is 16.9. The van der Waals surface area contributed by atoms with Gasteiger partial charge in [0.15, 0.2) is 5.82 Å². The van der Waals surface area contributed by atoms with Gasteiger partial charge in [0.1, 0.15) is 11.6 Å². The van der Waals surface area contributed by atoms with Crippen LogP contribution in [0.1, 0.15) is 29.9 Å². The number of amides is 1. The fraction of sp³-hybridized carbons (Fsp3) is 0.250. The molecule has 0 saturated carbocycles. The van der Waals surface area contributed by atoms with Crippen molar-refractivity contribution in [1.82, 2.24) is 14.8 Å². The lowest BCUT2D eigenvalue weighted by atomic mass is 10.2. The lowest BCUT2D eigenvalue weighted by molar-refractivity contribution is 0.102. The predicted molar refractivity (Wildman–Crippen MR) is 111 cm³/mol. The normalized spacial score (nSPS) is 10.9. The van der Waals surface area contributed by atoms with Gasteiger partial charge in [0.25, 0.3) is 5.91 Å². The van der Waals surface area contributed by atoms with Gasteiger partial charge in [-0.3, -0.25) is 4.79 Å². The number of carbonyl (C=O) groups is 1. The Balaban J connectivity index is 1.79. The number of nitrogens with one attached hydrogen (secondary N) is 1. The molecule has 3 rings (SSSR count). The molecule has 0 aliphatic heterocycles. The van der Waals surface area contributed by atoms with Gasteiger partial charge in [-0.15, -0.1) is 0 Å². The van der Waals surface area contributed by atoms with Crippen LogP contribution in [0.5, 0.6) is 5.75 Å². The number of ether oxygens (including phenoxy) is 1. The molecule has 0 aliphatic carbocycles. The molecule has 0 aliphatic rings. The number of hydrogen-bond acceptors (Lipinski definition) is 4. The van der Waals surface area contributed by atoms with E-state index in [0.717, 1.165) is 5.75 Å². The van der Waals surface area contributed by atoms with Gasteiger partial charge in [-0.2, -0.15) is 9.78 Å². The largest absolute Gasteiger partial charge is 0.493 e. The molecule has 0 spiro atoms. The molecule has 146 valence electrons. The molecule has 0 radical (unpaired) electrons. The van der Waals surface area contributed by atoms with Crippen LogP contribution in [-0.2, 0) is 0 Å². The van der Waals surface area contributed by atoms with Gasteiger partial charge >= 0.3 is 0 Å². The summed E-state index contributed by atoms with van der Waals surface area (Å²) in [5.74, 6) is 1.72. The highest BCUT2D eigenvalue weighted by Gasteiger charge is 2.16. The Morgan fingerprint density at radius 1 is 1.21 bits per heavy atom. The predicted octanol–water partition coefficient (Wildman–Crippen LogP) is 5.17. The molecule has 0 atom stereocenters. The third-order valence-electron chi connectivity index (χ3n) is 3.76. The van der Waals surface area contributed by atoms with Gasteiger partial charge in [-0.1, -0.05) is 37.0 Å². The molecule has 0 bridgehead atoms. The fourth-order valence-corrected chi connectivity index (χ4v) is 2.93. The van der Waals surface area contributed by atoms with E-state index in [1.165, 1.54) is 10.9 Å². The van der Waals surface area contributed by atoms with Crippen molar-refractivity contribution in [2.45, 2.75) is 20.8 Å². The van der Waals surface area contributed by atoms with Crippen LogP contribution in [0.4, 0.5) is 5.82 Å². The van der Waals surface area contributed by atoms with Gasteiger partial charge in [0.05, 0.1) is 22.3 Å². The molecule has 2 heterocycles. The summed E-state index contributed by atoms with van der Waals surface area (Å²) < 4.78 is 7.12. The minimum atomic E-state index is -0.276. The van der Waals surface area contributed by atoms with E-state index in [1.54, 1.807) is 36.4 Å². The summed E-state index contributed by atoms with van der Waals surface area (Å²) in [6, 6.07) is 10.3. The first-order valence-corrected chi connectivity index (χ1v) is 9.51. The van der Waals surface area contributed by atoms with Crippen molar-refractivity contribution in [3.63, 3.8) is 0 Å². The summed E-state index contributed by atoms with van der Waals surface area (Å²) in [6.45, 7) is 6.60. The number of aromatic nitrogens is 3. The topological polar surface area (TPSA) is 69.0 Å². The maximum atomic E-state index is 12.7. The first-order chi connectivity index (χ1) is 13.3. The maximum Gasteiger partial charge on any atom is 0.256 e. The maximum absolute atomic E-state index is 12.7. The van der Waals surface area contributed by atoms with Crippen LogP contribution in [-0.4, -0.2) is 27.3 Å². The van der Waals surface area contributed by atoms with Crippen molar-refractivity contribution in [1.29, 1.82) is 0 Å². The zero-order valence-corrected chi connectivity index (χ0v) is 17.3. The highest BCUT2D eigenvalue weighted by molar-refractivity contribution is 6.35. The van der Waals surface area contributed by atoms with Crippen LogP contribution >= 0.6 is 23.2 Å². The highest BCUT2D eigenvalue weighted by atomic mass is 35.5. The van der Waals surface area contributed by atoms with E-state index >= 15 is 0 Å². The Morgan fingerprint density at radius 3 is 2.57 bits per heavy atom. The minimum absolute atomic E-state index is 0.276. The second-order valence-corrected chi connectivity index (χ2v) is 7.57. The summed E-state index contributed by atoms with van der Waals surface area (Å²) in [6.07, 6.45) is 1.47. The summed E-state index contributed by atoms with van der Waals surface area (Å²) in [5, 5.41) is 7.96. The van der Waals surface area contributed by atoms with E-state index in [0.29, 0.717) is 45.5 Å². The van der Waals surface area contributed by atoms with Crippen molar-refractivity contribution >= 4 is 34.9 Å². The van der Waals surface area contributed by atoms with E-state index in [4.69, 9.17) is 27.9 Å². The van der Waals surface area contributed by atoms with Crippen LogP contribution in [0, 0.1) is 12.8 Å². The number of halogens is 2. The van der Waals surface area contributed by atoms with Crippen molar-refractivity contribution in [3.8, 4) is 11.6 Å². The van der Waals surface area contributed by atoms with Crippen molar-refractivity contribution in [3.05, 3.63) is 63.9 Å². The van der Waals surface area contributed by atoms with Crippen LogP contribution in [0.15, 0.2) is 42.6 Å². The summed E-state index contributed by atoms with van der Waals surface area (Å²) in [7, 11) is 0. The monoisotopic (exact) mass is 418 g/mol. The second kappa shape index (κ2) is 8.63. The molecule has 3 aromatic rings. The Bertz CT molecular complexity index is 984. The minimum Gasteiger partial charge on any atom is -0.493 e. The van der Waals surface area contributed by atoms with E-state index in [2.05, 4.69) is 29.2 Å². The third-order valence-corrected chi connectivity index (χ3v) is 4.25. The van der Waals surface area contributed by atoms with Gasteiger partial charge in [-0.05, 0) is 43.2 Å². The average Bonchev–Trinajstić information content (AvgIpc) is 3.00. The van der Waals surface area contributed by atoms with E-state index in [-0.39, 0.29) is 5.91 Å². The molecule has 28 heavy (non-hydrogen) atoms. The van der Waals surface area contributed by atoms with E-state index in [1.807, 2.05) is 6.92 Å². The molecular weight excluding hydrogens is 399 g/mol. The fourth-order valence-electron chi connectivity index (χ4n) is 2.47.